The van der Waals surface area contributed by atoms with Crippen LogP contribution in [0.1, 0.15) is 68.6 Å². The predicted octanol–water partition coefficient (Wildman–Crippen LogP) is 3.63. The molecule has 4 aliphatic heterocycles. The van der Waals surface area contributed by atoms with Crippen molar-refractivity contribution in [2.75, 3.05) is 61.0 Å². The Morgan fingerprint density at radius 1 is 1.02 bits per heavy atom. The number of sulfone groups is 1. The van der Waals surface area contributed by atoms with Gasteiger partial charge in [0.05, 0.1) is 22.8 Å². The standard InChI is InChI=1S/C30H40N6O5S/c1-30(2,3)41-29(37)35-7-6-22(16-35)36-14-21(15-36)20-12-23(19-4-5-19)26-25(13-20)33-27-24(17-40-26)28(32-18-31-27)34-8-10-42(38,39)11-9-34/h12-13,18-19,21-22H,4-11,14-17H2,1-3H3,(H,31,32,33). The van der Waals surface area contributed by atoms with Crippen LogP contribution < -0.4 is 15.0 Å². The third-order valence-electron chi connectivity index (χ3n) is 9.05. The number of hydrogen-bond donors (Lipinski definition) is 1. The molecule has 1 N–H and O–H groups in total. The number of nitrogens with zero attached hydrogens (tertiary/aromatic N) is 5. The summed E-state index contributed by atoms with van der Waals surface area (Å²) in [7, 11) is -3.00. The summed E-state index contributed by atoms with van der Waals surface area (Å²) in [6, 6.07) is 4.93. The maximum atomic E-state index is 12.5. The van der Waals surface area contributed by atoms with Crippen molar-refractivity contribution in [3.05, 3.63) is 35.2 Å². The van der Waals surface area contributed by atoms with Crippen LogP contribution in [0.2, 0.25) is 0 Å². The Hall–Kier alpha value is -3.12. The summed E-state index contributed by atoms with van der Waals surface area (Å²) in [6.45, 7) is 10.3. The smallest absolute Gasteiger partial charge is 0.410 e. The normalized spacial score (nSPS) is 24.1. The van der Waals surface area contributed by atoms with Crippen LogP contribution in [0.25, 0.3) is 0 Å². The number of carbonyl (C=O) groups excluding carboxylic acids is 1. The van der Waals surface area contributed by atoms with Gasteiger partial charge in [-0.15, -0.1) is 0 Å². The van der Waals surface area contributed by atoms with Crippen LogP contribution in [0.15, 0.2) is 18.5 Å². The van der Waals surface area contributed by atoms with Gasteiger partial charge in [-0.25, -0.2) is 23.2 Å². The van der Waals surface area contributed by atoms with Gasteiger partial charge in [-0.3, -0.25) is 4.90 Å². The molecule has 1 unspecified atom stereocenters. The van der Waals surface area contributed by atoms with Crippen LogP contribution in [0.4, 0.5) is 22.1 Å². The second-order valence-electron chi connectivity index (χ2n) is 13.4. The molecule has 0 spiro atoms. The highest BCUT2D eigenvalue weighted by Gasteiger charge is 2.40. The highest BCUT2D eigenvalue weighted by molar-refractivity contribution is 7.91. The molecule has 1 aromatic heterocycles. The van der Waals surface area contributed by atoms with Crippen LogP contribution in [-0.2, 0) is 21.2 Å². The number of likely N-dealkylation sites (tertiary alicyclic amines) is 2. The van der Waals surface area contributed by atoms with Crippen molar-refractivity contribution in [2.24, 2.45) is 0 Å². The van der Waals surface area contributed by atoms with E-state index in [1.807, 2.05) is 30.6 Å². The van der Waals surface area contributed by atoms with Crippen LogP contribution in [-0.4, -0.2) is 96.7 Å². The molecule has 0 bridgehead atoms. The zero-order chi connectivity index (χ0) is 29.2. The number of ether oxygens (including phenoxy) is 2. The van der Waals surface area contributed by atoms with Crippen molar-refractivity contribution in [2.45, 2.75) is 70.1 Å². The fraction of sp³-hybridized carbons (Fsp3) is 0.633. The number of rotatable bonds is 4. The molecule has 3 saturated heterocycles. The quantitative estimate of drug-likeness (QED) is 0.561. The van der Waals surface area contributed by atoms with Crippen LogP contribution in [0.5, 0.6) is 5.75 Å². The molecular weight excluding hydrogens is 556 g/mol. The molecule has 12 heteroatoms. The first-order valence-electron chi connectivity index (χ1n) is 15.1. The molecule has 2 aromatic rings. The summed E-state index contributed by atoms with van der Waals surface area (Å²) in [5.41, 5.74) is 3.89. The third-order valence-corrected chi connectivity index (χ3v) is 10.7. The first kappa shape index (κ1) is 27.7. The fourth-order valence-electron chi connectivity index (χ4n) is 6.53. The highest BCUT2D eigenvalue weighted by Crippen LogP contribution is 2.50. The van der Waals surface area contributed by atoms with Gasteiger partial charge in [0.2, 0.25) is 0 Å². The predicted molar refractivity (Wildman–Crippen MR) is 159 cm³/mol. The summed E-state index contributed by atoms with van der Waals surface area (Å²) >= 11 is 0. The van der Waals surface area contributed by atoms with Crippen LogP contribution in [0.3, 0.4) is 0 Å². The fourth-order valence-corrected chi connectivity index (χ4v) is 7.73. The van der Waals surface area contributed by atoms with Gasteiger partial charge in [-0.1, -0.05) is 6.07 Å². The number of nitrogens with one attached hydrogen (secondary N) is 1. The monoisotopic (exact) mass is 596 g/mol. The summed E-state index contributed by atoms with van der Waals surface area (Å²) in [5.74, 6) is 3.55. The molecule has 7 rings (SSSR count). The van der Waals surface area contributed by atoms with E-state index in [9.17, 15) is 13.2 Å². The van der Waals surface area contributed by atoms with Gasteiger partial charge in [0.25, 0.3) is 0 Å². The van der Waals surface area contributed by atoms with Gasteiger partial charge in [0.1, 0.15) is 35.9 Å². The lowest BCUT2D eigenvalue weighted by atomic mass is 9.87. The van der Waals surface area contributed by atoms with Crippen LogP contribution >= 0.6 is 0 Å². The number of amides is 1. The molecule has 1 atom stereocenters. The topological polar surface area (TPSA) is 117 Å². The number of aromatic nitrogens is 2. The summed E-state index contributed by atoms with van der Waals surface area (Å²) in [5, 5.41) is 3.58. The Bertz CT molecular complexity index is 1480. The van der Waals surface area contributed by atoms with E-state index in [0.29, 0.717) is 37.6 Å². The molecule has 1 saturated carbocycles. The minimum absolute atomic E-state index is 0.133. The minimum Gasteiger partial charge on any atom is -0.486 e. The van der Waals surface area contributed by atoms with Gasteiger partial charge in [-0.2, -0.15) is 0 Å². The molecule has 1 amide bonds. The van der Waals surface area contributed by atoms with E-state index in [0.717, 1.165) is 61.2 Å². The summed E-state index contributed by atoms with van der Waals surface area (Å²) in [4.78, 5) is 28.0. The molecule has 0 radical (unpaired) electrons. The molecule has 5 heterocycles. The largest absolute Gasteiger partial charge is 0.486 e. The molecular formula is C30H40N6O5S. The van der Waals surface area contributed by atoms with Gasteiger partial charge < -0.3 is 24.6 Å². The van der Waals surface area contributed by atoms with Crippen molar-refractivity contribution >= 4 is 33.3 Å². The van der Waals surface area contributed by atoms with Gasteiger partial charge in [-0.05, 0) is 63.1 Å². The molecule has 226 valence electrons. The van der Waals surface area contributed by atoms with Crippen molar-refractivity contribution in [3.8, 4) is 5.75 Å². The van der Waals surface area contributed by atoms with Gasteiger partial charge in [0, 0.05) is 51.2 Å². The van der Waals surface area contributed by atoms with Crippen molar-refractivity contribution in [3.63, 3.8) is 0 Å². The number of carbonyl (C=O) groups is 1. The van der Waals surface area contributed by atoms with E-state index in [-0.39, 0.29) is 17.6 Å². The van der Waals surface area contributed by atoms with E-state index in [1.54, 1.807) is 6.33 Å². The second-order valence-corrected chi connectivity index (χ2v) is 15.7. The maximum absolute atomic E-state index is 12.5. The Balaban J connectivity index is 1.07. The Labute approximate surface area is 247 Å². The summed E-state index contributed by atoms with van der Waals surface area (Å²) < 4.78 is 36.1. The Morgan fingerprint density at radius 3 is 2.50 bits per heavy atom. The van der Waals surface area contributed by atoms with E-state index in [2.05, 4.69) is 32.3 Å². The first-order chi connectivity index (χ1) is 20.0. The molecule has 1 aliphatic carbocycles. The van der Waals surface area contributed by atoms with E-state index >= 15 is 0 Å². The van der Waals surface area contributed by atoms with E-state index in [1.165, 1.54) is 24.0 Å². The Morgan fingerprint density at radius 2 is 1.79 bits per heavy atom. The van der Waals surface area contributed by atoms with Crippen LogP contribution in [0, 0.1) is 0 Å². The lowest BCUT2D eigenvalue weighted by Crippen LogP contribution is -2.52. The molecule has 11 nitrogen and oxygen atoms in total. The molecule has 4 fully saturated rings. The SMILES string of the molecule is CC(C)(C)OC(=O)N1CCC(N2CC(c3cc4c(c(C5CC5)c3)OCc3c(ncnc3N3CCS(=O)(=O)CC3)N4)C2)C1. The molecule has 5 aliphatic rings. The van der Waals surface area contributed by atoms with E-state index in [4.69, 9.17) is 9.47 Å². The van der Waals surface area contributed by atoms with Crippen molar-refractivity contribution in [1.29, 1.82) is 0 Å². The van der Waals surface area contributed by atoms with Gasteiger partial charge in [0.15, 0.2) is 9.84 Å². The van der Waals surface area contributed by atoms with Crippen molar-refractivity contribution in [1.82, 2.24) is 19.8 Å². The van der Waals surface area contributed by atoms with Gasteiger partial charge >= 0.3 is 6.09 Å². The first-order valence-corrected chi connectivity index (χ1v) is 16.9. The minimum atomic E-state index is -3.00. The number of benzene rings is 1. The van der Waals surface area contributed by atoms with Crippen molar-refractivity contribution < 1.29 is 22.7 Å². The molecule has 1 aromatic carbocycles. The third kappa shape index (κ3) is 5.50. The second kappa shape index (κ2) is 10.3. The molecule has 42 heavy (non-hydrogen) atoms. The number of anilines is 3. The average molecular weight is 597 g/mol. The summed E-state index contributed by atoms with van der Waals surface area (Å²) in [6.07, 6.45) is 4.64. The lowest BCUT2D eigenvalue weighted by molar-refractivity contribution is 0.0260. The lowest BCUT2D eigenvalue weighted by Gasteiger charge is -2.43. The Kier molecular flexibility index (Phi) is 6.76. The highest BCUT2D eigenvalue weighted by atomic mass is 32.2. The number of hydrogen-bond acceptors (Lipinski definition) is 10. The van der Waals surface area contributed by atoms with E-state index < -0.39 is 15.4 Å². The maximum Gasteiger partial charge on any atom is 0.410 e. The average Bonchev–Trinajstić information content (AvgIpc) is 3.66. The zero-order valence-electron chi connectivity index (χ0n) is 24.6. The zero-order valence-corrected chi connectivity index (χ0v) is 25.5. The number of fused-ring (bicyclic) bond motifs is 2.